The Hall–Kier alpha value is -2.53. The molecule has 4 rings (SSSR count). The molecule has 160 valence electrons. The monoisotopic (exact) mass is 407 g/mol. The van der Waals surface area contributed by atoms with Crippen LogP contribution >= 0.6 is 0 Å². The maximum atomic E-state index is 12.6. The fourth-order valence-corrected chi connectivity index (χ4v) is 4.75. The van der Waals surface area contributed by atoms with E-state index < -0.39 is 0 Å². The molecule has 0 bridgehead atoms. The van der Waals surface area contributed by atoms with E-state index in [1.54, 1.807) is 0 Å². The van der Waals surface area contributed by atoms with E-state index in [4.69, 9.17) is 4.74 Å². The Morgan fingerprint density at radius 1 is 1.03 bits per heavy atom. The molecule has 0 spiro atoms. The van der Waals surface area contributed by atoms with E-state index in [9.17, 15) is 4.79 Å². The van der Waals surface area contributed by atoms with Gasteiger partial charge >= 0.3 is 6.03 Å². The molecule has 2 heterocycles. The van der Waals surface area contributed by atoms with Gasteiger partial charge in [0.25, 0.3) is 0 Å². The van der Waals surface area contributed by atoms with Crippen molar-refractivity contribution < 1.29 is 9.53 Å². The number of ether oxygens (including phenoxy) is 1. The third-order valence-electron chi connectivity index (χ3n) is 6.44. The molecular formula is C25H33N3O2. The predicted molar refractivity (Wildman–Crippen MR) is 119 cm³/mol. The first kappa shape index (κ1) is 20.7. The number of likely N-dealkylation sites (tertiary alicyclic amines) is 2. The van der Waals surface area contributed by atoms with Gasteiger partial charge in [-0.3, -0.25) is 4.90 Å². The second-order valence-corrected chi connectivity index (χ2v) is 8.72. The van der Waals surface area contributed by atoms with E-state index in [0.29, 0.717) is 24.5 Å². The van der Waals surface area contributed by atoms with Crippen LogP contribution in [-0.4, -0.2) is 53.7 Å². The van der Waals surface area contributed by atoms with Crippen LogP contribution in [0.25, 0.3) is 0 Å². The van der Waals surface area contributed by atoms with Crippen LogP contribution < -0.4 is 10.1 Å². The zero-order valence-electron chi connectivity index (χ0n) is 18.0. The summed E-state index contributed by atoms with van der Waals surface area (Å²) in [4.78, 5) is 17.1. The summed E-state index contributed by atoms with van der Waals surface area (Å²) in [6.45, 7) is 7.71. The minimum absolute atomic E-state index is 0.0451. The highest BCUT2D eigenvalue weighted by Gasteiger charge is 2.47. The molecule has 0 aromatic heterocycles. The lowest BCUT2D eigenvalue weighted by atomic mass is 9.79. The van der Waals surface area contributed by atoms with Crippen LogP contribution in [-0.2, 0) is 6.54 Å². The molecule has 2 fully saturated rings. The summed E-state index contributed by atoms with van der Waals surface area (Å²) in [6, 6.07) is 21.2. The summed E-state index contributed by atoms with van der Waals surface area (Å²) in [5.41, 5.74) is 1.13. The van der Waals surface area contributed by atoms with Crippen molar-refractivity contribution in [3.05, 3.63) is 66.2 Å². The molecule has 1 N–H and O–H groups in total. The van der Waals surface area contributed by atoms with Crippen LogP contribution in [0.3, 0.4) is 0 Å². The molecule has 0 radical (unpaired) electrons. The van der Waals surface area contributed by atoms with Crippen molar-refractivity contribution in [2.24, 2.45) is 5.92 Å². The molecule has 5 heteroatoms. The molecule has 2 atom stereocenters. The quantitative estimate of drug-likeness (QED) is 0.782. The molecule has 5 nitrogen and oxygen atoms in total. The first-order valence-electron chi connectivity index (χ1n) is 11.2. The molecule has 2 aliphatic rings. The van der Waals surface area contributed by atoms with Crippen LogP contribution in [0.2, 0.25) is 0 Å². The number of nitrogens with one attached hydrogen (secondary N) is 1. The van der Waals surface area contributed by atoms with E-state index >= 15 is 0 Å². The molecule has 0 unspecified atom stereocenters. The average Bonchev–Trinajstić information content (AvgIpc) is 2.76. The van der Waals surface area contributed by atoms with Crippen molar-refractivity contribution in [1.82, 2.24) is 15.1 Å². The van der Waals surface area contributed by atoms with Gasteiger partial charge in [-0.2, -0.15) is 0 Å². The number of para-hydroxylation sites is 1. The topological polar surface area (TPSA) is 44.8 Å². The number of urea groups is 1. The van der Waals surface area contributed by atoms with Crippen LogP contribution in [0.15, 0.2) is 60.7 Å². The first-order valence-corrected chi connectivity index (χ1v) is 11.2. The summed E-state index contributed by atoms with van der Waals surface area (Å²) in [6.07, 6.45) is 2.29. The minimum atomic E-state index is 0.0451. The Kier molecular flexibility index (Phi) is 6.58. The SMILES string of the molecule is CC(C)N1C[C@H](Oc2ccccc2)[C@@H]1C1CCN(C(=O)NCc2ccccc2)CC1. The van der Waals surface area contributed by atoms with Gasteiger partial charge in [0.2, 0.25) is 0 Å². The van der Waals surface area contributed by atoms with E-state index in [2.05, 4.69) is 24.1 Å². The zero-order valence-corrected chi connectivity index (χ0v) is 18.0. The van der Waals surface area contributed by atoms with Crippen LogP contribution in [0.5, 0.6) is 5.75 Å². The summed E-state index contributed by atoms with van der Waals surface area (Å²) >= 11 is 0. The fraction of sp³-hybridized carbons (Fsp3) is 0.480. The van der Waals surface area contributed by atoms with Gasteiger partial charge in [-0.05, 0) is 50.3 Å². The Labute approximate surface area is 180 Å². The highest BCUT2D eigenvalue weighted by Crippen LogP contribution is 2.36. The molecule has 2 aromatic rings. The van der Waals surface area contributed by atoms with E-state index in [1.165, 1.54) is 0 Å². The van der Waals surface area contributed by atoms with Gasteiger partial charge in [0.15, 0.2) is 0 Å². The fourth-order valence-electron chi connectivity index (χ4n) is 4.75. The molecule has 30 heavy (non-hydrogen) atoms. The molecule has 2 amide bonds. The van der Waals surface area contributed by atoms with Gasteiger partial charge < -0.3 is 15.0 Å². The number of hydrogen-bond acceptors (Lipinski definition) is 3. The lowest BCUT2D eigenvalue weighted by molar-refractivity contribution is -0.0981. The predicted octanol–water partition coefficient (Wildman–Crippen LogP) is 4.15. The third kappa shape index (κ3) is 4.78. The number of hydrogen-bond donors (Lipinski definition) is 1. The Morgan fingerprint density at radius 2 is 1.67 bits per heavy atom. The second kappa shape index (κ2) is 9.52. The van der Waals surface area contributed by atoms with Gasteiger partial charge in [-0.1, -0.05) is 48.5 Å². The highest BCUT2D eigenvalue weighted by atomic mass is 16.5. The number of amides is 2. The molecule has 2 saturated heterocycles. The van der Waals surface area contributed by atoms with Crippen molar-refractivity contribution in [2.45, 2.75) is 51.4 Å². The lowest BCUT2D eigenvalue weighted by Gasteiger charge is -2.54. The van der Waals surface area contributed by atoms with Gasteiger partial charge in [-0.15, -0.1) is 0 Å². The number of nitrogens with zero attached hydrogens (tertiary/aromatic N) is 2. The summed E-state index contributed by atoms with van der Waals surface area (Å²) < 4.78 is 6.32. The van der Waals surface area contributed by atoms with Crippen molar-refractivity contribution in [2.75, 3.05) is 19.6 Å². The molecule has 0 aliphatic carbocycles. The summed E-state index contributed by atoms with van der Waals surface area (Å²) in [7, 11) is 0. The molecule has 2 aliphatic heterocycles. The second-order valence-electron chi connectivity index (χ2n) is 8.72. The van der Waals surface area contributed by atoms with E-state index in [-0.39, 0.29) is 12.1 Å². The van der Waals surface area contributed by atoms with Gasteiger partial charge in [0.1, 0.15) is 11.9 Å². The van der Waals surface area contributed by atoms with Crippen molar-refractivity contribution in [1.29, 1.82) is 0 Å². The normalized spacial score (nSPS) is 22.6. The molecular weight excluding hydrogens is 374 g/mol. The summed E-state index contributed by atoms with van der Waals surface area (Å²) in [5, 5.41) is 3.06. The van der Waals surface area contributed by atoms with Crippen molar-refractivity contribution in [3.63, 3.8) is 0 Å². The first-order chi connectivity index (χ1) is 14.6. The Morgan fingerprint density at radius 3 is 2.30 bits per heavy atom. The third-order valence-corrected chi connectivity index (χ3v) is 6.44. The maximum Gasteiger partial charge on any atom is 0.317 e. The standard InChI is InChI=1S/C25H33N3O2/c1-19(2)28-18-23(30-22-11-7-4-8-12-22)24(28)21-13-15-27(16-14-21)25(29)26-17-20-9-5-3-6-10-20/h3-12,19,21,23-24H,13-18H2,1-2H3,(H,26,29)/t23-,24-/m0/s1. The summed E-state index contributed by atoms with van der Waals surface area (Å²) in [5.74, 6) is 1.52. The lowest BCUT2D eigenvalue weighted by Crippen LogP contribution is -2.68. The minimum Gasteiger partial charge on any atom is -0.487 e. The van der Waals surface area contributed by atoms with E-state index in [1.807, 2.05) is 65.6 Å². The van der Waals surface area contributed by atoms with Gasteiger partial charge in [0, 0.05) is 32.2 Å². The van der Waals surface area contributed by atoms with Crippen molar-refractivity contribution >= 4 is 6.03 Å². The van der Waals surface area contributed by atoms with Gasteiger partial charge in [-0.25, -0.2) is 4.79 Å². The number of rotatable bonds is 6. The van der Waals surface area contributed by atoms with E-state index in [0.717, 1.165) is 43.8 Å². The average molecular weight is 408 g/mol. The van der Waals surface area contributed by atoms with Gasteiger partial charge in [0.05, 0.1) is 6.04 Å². The zero-order chi connectivity index (χ0) is 20.9. The Bertz CT molecular complexity index is 804. The molecule has 2 aromatic carbocycles. The van der Waals surface area contributed by atoms with Crippen molar-refractivity contribution in [3.8, 4) is 5.75 Å². The Balaban J connectivity index is 1.30. The smallest absolute Gasteiger partial charge is 0.317 e. The maximum absolute atomic E-state index is 12.6. The largest absolute Gasteiger partial charge is 0.487 e. The van der Waals surface area contributed by atoms with Crippen LogP contribution in [0.4, 0.5) is 4.79 Å². The van der Waals surface area contributed by atoms with Crippen LogP contribution in [0.1, 0.15) is 32.3 Å². The highest BCUT2D eigenvalue weighted by molar-refractivity contribution is 5.74. The number of carbonyl (C=O) groups excluding carboxylic acids is 1. The molecule has 0 saturated carbocycles. The number of benzene rings is 2. The number of carbonyl (C=O) groups is 1. The number of piperidine rings is 1. The van der Waals surface area contributed by atoms with Crippen LogP contribution in [0, 0.1) is 5.92 Å².